The average molecular weight is 463 g/mol. The second-order valence-electron chi connectivity index (χ2n) is 9.09. The molecule has 0 saturated carbocycles. The van der Waals surface area contributed by atoms with Gasteiger partial charge in [0, 0.05) is 37.5 Å². The van der Waals surface area contributed by atoms with E-state index in [1.165, 1.54) is 12.8 Å². The van der Waals surface area contributed by atoms with Gasteiger partial charge in [-0.3, -0.25) is 0 Å². The van der Waals surface area contributed by atoms with Gasteiger partial charge in [0.1, 0.15) is 17.9 Å². The third-order valence-electron chi connectivity index (χ3n) is 6.38. The summed E-state index contributed by atoms with van der Waals surface area (Å²) in [5.41, 5.74) is 2.58. The Hall–Kier alpha value is -3.03. The molecule has 2 N–H and O–H groups in total. The maximum atomic E-state index is 11.3. The van der Waals surface area contributed by atoms with Gasteiger partial charge < -0.3 is 24.9 Å². The molecule has 2 atom stereocenters. The van der Waals surface area contributed by atoms with E-state index < -0.39 is 0 Å². The molecule has 0 spiro atoms. The largest absolute Gasteiger partial charge is 0.507 e. The second kappa shape index (κ2) is 11.4. The van der Waals surface area contributed by atoms with E-state index in [4.69, 9.17) is 14.7 Å². The Labute approximate surface area is 201 Å². The third-order valence-corrected chi connectivity index (χ3v) is 6.38. The van der Waals surface area contributed by atoms with Gasteiger partial charge in [0.25, 0.3) is 0 Å². The van der Waals surface area contributed by atoms with Crippen molar-refractivity contribution < 1.29 is 14.6 Å². The molecule has 34 heavy (non-hydrogen) atoms. The number of aldehydes is 1. The Bertz CT molecular complexity index is 1110. The number of hydrogen-bond acceptors (Lipinski definition) is 7. The van der Waals surface area contributed by atoms with Crippen LogP contribution in [0.5, 0.6) is 5.75 Å². The maximum absolute atomic E-state index is 11.3. The van der Waals surface area contributed by atoms with Crippen LogP contribution in [-0.4, -0.2) is 60.8 Å². The van der Waals surface area contributed by atoms with Crippen molar-refractivity contribution in [2.24, 2.45) is 5.92 Å². The van der Waals surface area contributed by atoms with Crippen LogP contribution in [0.25, 0.3) is 22.3 Å². The predicted molar refractivity (Wildman–Crippen MR) is 135 cm³/mol. The van der Waals surface area contributed by atoms with Crippen LogP contribution in [0.1, 0.15) is 31.2 Å². The van der Waals surface area contributed by atoms with Crippen molar-refractivity contribution in [3.05, 3.63) is 48.0 Å². The molecule has 2 unspecified atom stereocenters. The molecule has 0 aliphatic carbocycles. The molecule has 0 bridgehead atoms. The van der Waals surface area contributed by atoms with Crippen LogP contribution in [0.2, 0.25) is 0 Å². The van der Waals surface area contributed by atoms with Crippen molar-refractivity contribution in [1.82, 2.24) is 15.3 Å². The van der Waals surface area contributed by atoms with Crippen LogP contribution in [0.4, 0.5) is 5.82 Å². The quantitative estimate of drug-likeness (QED) is 0.552. The van der Waals surface area contributed by atoms with E-state index in [9.17, 15) is 9.90 Å². The van der Waals surface area contributed by atoms with E-state index in [0.29, 0.717) is 24.0 Å². The van der Waals surface area contributed by atoms with Gasteiger partial charge in [-0.25, -0.2) is 9.97 Å². The van der Waals surface area contributed by atoms with Crippen LogP contribution < -0.4 is 10.2 Å². The molecule has 2 aliphatic rings. The van der Waals surface area contributed by atoms with Crippen LogP contribution in [0.15, 0.2) is 42.5 Å². The summed E-state index contributed by atoms with van der Waals surface area (Å²) in [6.45, 7) is 5.55. The smallest absolute Gasteiger partial charge is 0.165 e. The van der Waals surface area contributed by atoms with E-state index >= 15 is 0 Å². The van der Waals surface area contributed by atoms with E-state index in [-0.39, 0.29) is 11.7 Å². The zero-order chi connectivity index (χ0) is 23.9. The van der Waals surface area contributed by atoms with Gasteiger partial charge >= 0.3 is 0 Å². The van der Waals surface area contributed by atoms with E-state index in [1.54, 1.807) is 12.1 Å². The number of likely N-dealkylation sites (N-methyl/N-ethyl adjacent to an activating group) is 1. The number of phenols is 1. The molecule has 7 heteroatoms. The Balaban J connectivity index is 0.000000291. The number of para-hydroxylation sites is 1. The molecule has 2 saturated heterocycles. The number of piperidine rings is 1. The lowest BCUT2D eigenvalue weighted by Gasteiger charge is -2.32. The lowest BCUT2D eigenvalue weighted by molar-refractivity contribution is -0.111. The minimum atomic E-state index is 0.0350. The van der Waals surface area contributed by atoms with Crippen molar-refractivity contribution in [2.45, 2.75) is 38.7 Å². The minimum Gasteiger partial charge on any atom is -0.507 e. The van der Waals surface area contributed by atoms with Crippen molar-refractivity contribution in [2.75, 3.05) is 38.2 Å². The molecule has 180 valence electrons. The number of aromatic nitrogens is 2. The summed E-state index contributed by atoms with van der Waals surface area (Å²) < 4.78 is 5.33. The van der Waals surface area contributed by atoms with Crippen LogP contribution in [-0.2, 0) is 9.53 Å². The minimum absolute atomic E-state index is 0.0350. The number of ether oxygens (including phenoxy) is 1. The zero-order valence-corrected chi connectivity index (χ0v) is 20.0. The molecule has 1 aromatic heterocycles. The van der Waals surface area contributed by atoms with E-state index in [1.807, 2.05) is 38.2 Å². The lowest BCUT2D eigenvalue weighted by atomic mass is 9.99. The summed E-state index contributed by atoms with van der Waals surface area (Å²) in [5.74, 6) is 1.53. The van der Waals surface area contributed by atoms with Gasteiger partial charge in [-0.2, -0.15) is 0 Å². The summed E-state index contributed by atoms with van der Waals surface area (Å²) in [7, 11) is 1.96. The number of aromatic hydroxyl groups is 1. The van der Waals surface area contributed by atoms with Gasteiger partial charge in [-0.15, -0.1) is 0 Å². The summed E-state index contributed by atoms with van der Waals surface area (Å²) in [6, 6.07) is 13.2. The molecular weight excluding hydrogens is 428 g/mol. The zero-order valence-electron chi connectivity index (χ0n) is 20.0. The Morgan fingerprint density at radius 1 is 1.18 bits per heavy atom. The summed E-state index contributed by atoms with van der Waals surface area (Å²) in [6.07, 6.45) is 5.91. The number of nitrogens with one attached hydrogen (secondary N) is 1. The first kappa shape index (κ1) is 24.1. The molecule has 0 radical (unpaired) electrons. The molecular formula is C27H34N4O3. The normalized spacial score (nSPS) is 20.1. The first-order chi connectivity index (χ1) is 16.6. The van der Waals surface area contributed by atoms with Crippen molar-refractivity contribution in [1.29, 1.82) is 0 Å². The molecule has 2 aliphatic heterocycles. The topological polar surface area (TPSA) is 87.6 Å². The number of hydrogen-bond donors (Lipinski definition) is 2. The number of carbonyl (C=O) groups is 1. The Kier molecular flexibility index (Phi) is 8.08. The molecule has 3 heterocycles. The lowest BCUT2D eigenvalue weighted by Crippen LogP contribution is -2.36. The third kappa shape index (κ3) is 5.72. The first-order valence-electron chi connectivity index (χ1n) is 12.1. The van der Waals surface area contributed by atoms with Crippen molar-refractivity contribution in [3.8, 4) is 17.1 Å². The predicted octanol–water partition coefficient (Wildman–Crippen LogP) is 4.11. The molecule has 2 aromatic carbocycles. The Morgan fingerprint density at radius 3 is 2.76 bits per heavy atom. The SMILES string of the molecule is CNCC1CCCO1.Cc1ccc2c(N3CCCC(C=O)C3)nc(-c3ccccc3O)nc2c1. The second-order valence-corrected chi connectivity index (χ2v) is 9.09. The van der Waals surface area contributed by atoms with E-state index in [0.717, 1.165) is 61.1 Å². The summed E-state index contributed by atoms with van der Waals surface area (Å²) >= 11 is 0. The molecule has 0 amide bonds. The number of fused-ring (bicyclic) bond motifs is 1. The number of aryl methyl sites for hydroxylation is 1. The van der Waals surface area contributed by atoms with Gasteiger partial charge in [-0.05, 0) is 69.5 Å². The van der Waals surface area contributed by atoms with Crippen LogP contribution in [0.3, 0.4) is 0 Å². The molecule has 2 fully saturated rings. The fraction of sp³-hybridized carbons (Fsp3) is 0.444. The highest BCUT2D eigenvalue weighted by molar-refractivity contribution is 5.92. The van der Waals surface area contributed by atoms with Gasteiger partial charge in [0.05, 0.1) is 17.2 Å². The number of nitrogens with zero attached hydrogens (tertiary/aromatic N) is 3. The maximum Gasteiger partial charge on any atom is 0.165 e. The van der Waals surface area contributed by atoms with Gasteiger partial charge in [0.2, 0.25) is 0 Å². The highest BCUT2D eigenvalue weighted by atomic mass is 16.5. The molecule has 7 nitrogen and oxygen atoms in total. The fourth-order valence-corrected chi connectivity index (χ4v) is 4.59. The van der Waals surface area contributed by atoms with Crippen molar-refractivity contribution >= 4 is 23.0 Å². The fourth-order valence-electron chi connectivity index (χ4n) is 4.59. The number of rotatable bonds is 5. The first-order valence-corrected chi connectivity index (χ1v) is 12.1. The molecule has 5 rings (SSSR count). The van der Waals surface area contributed by atoms with Gasteiger partial charge in [-0.1, -0.05) is 18.2 Å². The average Bonchev–Trinajstić information content (AvgIpc) is 3.37. The Morgan fingerprint density at radius 2 is 2.03 bits per heavy atom. The van der Waals surface area contributed by atoms with Crippen molar-refractivity contribution in [3.63, 3.8) is 0 Å². The van der Waals surface area contributed by atoms with E-state index in [2.05, 4.69) is 16.3 Å². The van der Waals surface area contributed by atoms with Gasteiger partial charge in [0.15, 0.2) is 5.82 Å². The number of phenolic OH excluding ortho intramolecular Hbond substituents is 1. The molecule has 3 aromatic rings. The number of benzene rings is 2. The van der Waals surface area contributed by atoms with Crippen LogP contribution >= 0.6 is 0 Å². The number of carbonyl (C=O) groups excluding carboxylic acids is 1. The summed E-state index contributed by atoms with van der Waals surface area (Å²) in [5, 5.41) is 14.3. The monoisotopic (exact) mass is 462 g/mol. The number of anilines is 1. The standard InChI is InChI=1S/C21H21N3O2.C6H13NO/c1-14-8-9-16-18(11-14)22-20(17-6-2-3-7-19(17)26)23-21(16)24-10-4-5-15(12-24)13-25;1-7-5-6-3-2-4-8-6/h2-3,6-9,11,13,15,26H,4-5,10,12H2,1H3;6-7H,2-5H2,1H3. The summed E-state index contributed by atoms with van der Waals surface area (Å²) in [4.78, 5) is 22.9. The highest BCUT2D eigenvalue weighted by Gasteiger charge is 2.23. The highest BCUT2D eigenvalue weighted by Crippen LogP contribution is 2.33. The van der Waals surface area contributed by atoms with Crippen LogP contribution in [0, 0.1) is 12.8 Å².